The molecule has 14 nitrogen and oxygen atoms in total. The summed E-state index contributed by atoms with van der Waals surface area (Å²) >= 11 is 0. The number of rotatable bonds is 6. The molecule has 15 heteroatoms. The number of ether oxygens (including phenoxy) is 1. The van der Waals surface area contributed by atoms with Crippen LogP contribution in [0.5, 0.6) is 0 Å². The zero-order valence-corrected chi connectivity index (χ0v) is 31.6. The molecule has 5 aliphatic rings. The van der Waals surface area contributed by atoms with Crippen molar-refractivity contribution in [1.29, 1.82) is 0 Å². The number of anilines is 1. The van der Waals surface area contributed by atoms with Gasteiger partial charge in [0.05, 0.1) is 12.4 Å². The highest BCUT2D eigenvalue weighted by atomic mass is 19.1. The Morgan fingerprint density at radius 3 is 2.51 bits per heavy atom. The Hall–Kier alpha value is -3.72. The fourth-order valence-electron chi connectivity index (χ4n) is 10.9. The number of hydrogen-bond donors (Lipinski definition) is 3. The molecule has 0 radical (unpaired) electrons. The molecule has 5 fully saturated rings. The van der Waals surface area contributed by atoms with Crippen molar-refractivity contribution in [2.75, 3.05) is 31.1 Å². The van der Waals surface area contributed by atoms with Crippen molar-refractivity contribution in [3.05, 3.63) is 12.4 Å². The lowest BCUT2D eigenvalue weighted by atomic mass is 9.43. The van der Waals surface area contributed by atoms with Crippen molar-refractivity contribution in [3.8, 4) is 0 Å². The minimum Gasteiger partial charge on any atom is -0.445 e. The summed E-state index contributed by atoms with van der Waals surface area (Å²) in [5.41, 5.74) is 5.12. The average Bonchev–Trinajstić information content (AvgIpc) is 3.85. The van der Waals surface area contributed by atoms with E-state index in [9.17, 15) is 28.7 Å². The van der Waals surface area contributed by atoms with E-state index in [4.69, 9.17) is 10.5 Å². The van der Waals surface area contributed by atoms with Gasteiger partial charge in [0.2, 0.25) is 11.8 Å². The zero-order valence-electron chi connectivity index (χ0n) is 31.6. The molecule has 2 saturated heterocycles. The monoisotopic (exact) mass is 738 g/mol. The summed E-state index contributed by atoms with van der Waals surface area (Å²) in [6, 6.07) is -0.0388. The van der Waals surface area contributed by atoms with Crippen molar-refractivity contribution < 1.29 is 33.4 Å². The van der Waals surface area contributed by atoms with Gasteiger partial charge < -0.3 is 29.9 Å². The van der Waals surface area contributed by atoms with Crippen LogP contribution in [0.4, 0.5) is 15.0 Å². The maximum absolute atomic E-state index is 14.5. The predicted octanol–water partition coefficient (Wildman–Crippen LogP) is 3.58. The van der Waals surface area contributed by atoms with E-state index in [1.54, 1.807) is 4.90 Å². The minimum absolute atomic E-state index is 0.0388. The zero-order chi connectivity index (χ0) is 38.0. The first-order chi connectivity index (χ1) is 25.1. The number of Topliss-reactive ketones (excluding diaryl/α,β-unsaturated/α-hetero) is 1. The van der Waals surface area contributed by atoms with Crippen LogP contribution in [0.2, 0.25) is 0 Å². The molecule has 0 spiro atoms. The van der Waals surface area contributed by atoms with Crippen LogP contribution in [0.15, 0.2) is 6.33 Å². The molecule has 2 bridgehead atoms. The first kappa shape index (κ1) is 37.6. The molecule has 7 rings (SSSR count). The van der Waals surface area contributed by atoms with Gasteiger partial charge >= 0.3 is 12.2 Å². The van der Waals surface area contributed by atoms with Crippen LogP contribution in [0.3, 0.4) is 0 Å². The second-order valence-electron chi connectivity index (χ2n) is 17.3. The van der Waals surface area contributed by atoms with Crippen LogP contribution in [0.1, 0.15) is 92.4 Å². The van der Waals surface area contributed by atoms with E-state index in [1.165, 1.54) is 10.9 Å². The lowest BCUT2D eigenvalue weighted by molar-refractivity contribution is -0.198. The number of nitrogens with one attached hydrogen (secondary N) is 1. The Morgan fingerprint density at radius 1 is 1.09 bits per heavy atom. The number of aliphatic hydroxyl groups is 1. The van der Waals surface area contributed by atoms with Gasteiger partial charge in [0, 0.05) is 55.9 Å². The number of aromatic nitrogens is 4. The second kappa shape index (κ2) is 13.8. The third-order valence-electron chi connectivity index (χ3n) is 14.6. The van der Waals surface area contributed by atoms with Gasteiger partial charge in [0.15, 0.2) is 17.0 Å². The summed E-state index contributed by atoms with van der Waals surface area (Å²) in [6.07, 6.45) is 3.80. The highest BCUT2D eigenvalue weighted by Gasteiger charge is 2.68. The van der Waals surface area contributed by atoms with Crippen LogP contribution in [-0.4, -0.2) is 97.6 Å². The fraction of sp³-hybridized carbons (Fsp3) is 0.763. The molecule has 2 aromatic heterocycles. The number of alkyl carbamates (subject to hydrolysis) is 1. The number of carbonyl (C=O) groups excluding carboxylic acids is 4. The molecule has 4 heterocycles. The largest absolute Gasteiger partial charge is 0.445 e. The molecule has 3 aliphatic carbocycles. The maximum atomic E-state index is 14.5. The molecule has 290 valence electrons. The van der Waals surface area contributed by atoms with E-state index in [1.807, 2.05) is 18.7 Å². The number of fused-ring (bicyclic) bond motifs is 1. The maximum Gasteiger partial charge on any atom is 0.414 e. The quantitative estimate of drug-likeness (QED) is 0.368. The number of amides is 3. The van der Waals surface area contributed by atoms with E-state index >= 15 is 0 Å². The average molecular weight is 739 g/mol. The van der Waals surface area contributed by atoms with Crippen molar-refractivity contribution in [2.45, 2.75) is 117 Å². The third kappa shape index (κ3) is 6.28. The highest BCUT2D eigenvalue weighted by molar-refractivity contribution is 5.93. The van der Waals surface area contributed by atoms with E-state index in [-0.39, 0.29) is 53.1 Å². The number of aliphatic hydroxyl groups excluding tert-OH is 1. The minimum atomic E-state index is -0.906. The van der Waals surface area contributed by atoms with E-state index < -0.39 is 47.0 Å². The number of hydrogen-bond acceptors (Lipinski definition) is 11. The predicted molar refractivity (Wildman–Crippen MR) is 193 cm³/mol. The SMILES string of the molecule is CC[C@]1(C)CC(OC(=O)NC(=O)C2CCN(C(=O)Cn3cnc4c(N5CCC(N)C5)nc(F)nc43)CC2)C2(C)C(C)CCC3(CCC(=O)C32)C(C)[C@@H]1O. The molecule has 3 saturated carbocycles. The summed E-state index contributed by atoms with van der Waals surface area (Å²) in [7, 11) is 0. The summed E-state index contributed by atoms with van der Waals surface area (Å²) in [5.74, 6) is -0.963. The Bertz CT molecular complexity index is 1780. The van der Waals surface area contributed by atoms with Crippen molar-refractivity contribution in [2.24, 2.45) is 45.7 Å². The van der Waals surface area contributed by atoms with Gasteiger partial charge in [-0.15, -0.1) is 0 Å². The van der Waals surface area contributed by atoms with Crippen LogP contribution in [0.25, 0.3) is 11.2 Å². The number of carbonyl (C=O) groups is 4. The van der Waals surface area contributed by atoms with Crippen LogP contribution >= 0.6 is 0 Å². The van der Waals surface area contributed by atoms with Gasteiger partial charge in [-0.25, -0.2) is 9.78 Å². The smallest absolute Gasteiger partial charge is 0.414 e. The highest BCUT2D eigenvalue weighted by Crippen LogP contribution is 2.68. The van der Waals surface area contributed by atoms with Gasteiger partial charge in [-0.1, -0.05) is 34.6 Å². The Morgan fingerprint density at radius 2 is 1.83 bits per heavy atom. The van der Waals surface area contributed by atoms with Crippen LogP contribution in [-0.2, 0) is 25.7 Å². The molecule has 53 heavy (non-hydrogen) atoms. The Balaban J connectivity index is 0.993. The summed E-state index contributed by atoms with van der Waals surface area (Å²) in [4.78, 5) is 69.9. The third-order valence-corrected chi connectivity index (χ3v) is 14.6. The number of ketones is 1. The molecular weight excluding hydrogens is 683 g/mol. The lowest BCUT2D eigenvalue weighted by Crippen LogP contribution is -2.63. The van der Waals surface area contributed by atoms with E-state index in [0.717, 1.165) is 25.7 Å². The fourth-order valence-corrected chi connectivity index (χ4v) is 10.9. The number of imidazole rings is 1. The number of imide groups is 1. The summed E-state index contributed by atoms with van der Waals surface area (Å²) < 4.78 is 22.2. The number of nitrogens with two attached hydrogens (primary N) is 1. The normalized spacial score (nSPS) is 36.3. The second-order valence-corrected chi connectivity index (χ2v) is 17.3. The first-order valence-corrected chi connectivity index (χ1v) is 19.5. The molecule has 2 aromatic rings. The van der Waals surface area contributed by atoms with E-state index in [2.05, 4.69) is 41.0 Å². The van der Waals surface area contributed by atoms with Gasteiger partial charge in [0.1, 0.15) is 18.4 Å². The van der Waals surface area contributed by atoms with Gasteiger partial charge in [-0.05, 0) is 74.0 Å². The van der Waals surface area contributed by atoms with E-state index in [0.29, 0.717) is 69.6 Å². The molecule has 0 aromatic carbocycles. The van der Waals surface area contributed by atoms with Crippen LogP contribution in [0, 0.1) is 46.0 Å². The van der Waals surface area contributed by atoms with Gasteiger partial charge in [0.25, 0.3) is 0 Å². The first-order valence-electron chi connectivity index (χ1n) is 19.5. The van der Waals surface area contributed by atoms with Crippen molar-refractivity contribution in [1.82, 2.24) is 29.7 Å². The summed E-state index contributed by atoms with van der Waals surface area (Å²) in [5, 5.41) is 14.3. The number of nitrogens with zero attached hydrogens (tertiary/aromatic N) is 6. The topological polar surface area (TPSA) is 186 Å². The van der Waals surface area contributed by atoms with Crippen molar-refractivity contribution in [3.63, 3.8) is 0 Å². The number of halogens is 1. The van der Waals surface area contributed by atoms with Crippen molar-refractivity contribution >= 4 is 40.7 Å². The molecule has 4 N–H and O–H groups in total. The molecule has 9 atom stereocenters. The molecular formula is C38H55FN8O6. The number of likely N-dealkylation sites (tertiary alicyclic amines) is 1. The standard InChI is InChI=1S/C38H55FN8O6/c1-6-36(4)17-26(37(5)21(2)7-12-38(22(3)30(36)50)13-8-25(48)29(37)38)53-35(52)44-33(51)23-9-14-45(15-10-23)27(49)19-47-20-41-28-31(42-34(39)43-32(28)47)46-16-11-24(40)18-46/h20-24,26,29-30,50H,6-19,40H2,1-5H3,(H,44,51,52)/t21?,22?,24?,26?,29?,30-,36+,37?,38?/m0/s1. The van der Waals surface area contributed by atoms with Gasteiger partial charge in [-0.3, -0.25) is 19.7 Å². The summed E-state index contributed by atoms with van der Waals surface area (Å²) in [6.45, 7) is 12.1. The van der Waals surface area contributed by atoms with Crippen LogP contribution < -0.4 is 16.0 Å². The Labute approximate surface area is 309 Å². The lowest BCUT2D eigenvalue weighted by Gasteiger charge is -2.62. The van der Waals surface area contributed by atoms with Gasteiger partial charge in [-0.2, -0.15) is 14.4 Å². The molecule has 3 amide bonds. The Kier molecular flexibility index (Phi) is 9.82. The molecule has 2 aliphatic heterocycles. The number of piperidine rings is 1. The molecule has 7 unspecified atom stereocenters.